The van der Waals surface area contributed by atoms with E-state index in [1.165, 1.54) is 0 Å². The highest BCUT2D eigenvalue weighted by molar-refractivity contribution is 6.28. The molecule has 1 aromatic rings. The molecule has 0 saturated carbocycles. The Hall–Kier alpha value is -1.07. The van der Waals surface area contributed by atoms with Crippen LogP contribution in [0.15, 0.2) is 0 Å². The van der Waals surface area contributed by atoms with E-state index in [4.69, 9.17) is 22.1 Å². The number of rotatable bonds is 2. The van der Waals surface area contributed by atoms with Crippen LogP contribution in [0.3, 0.4) is 0 Å². The van der Waals surface area contributed by atoms with Crippen LogP contribution in [-0.2, 0) is 4.74 Å². The molecule has 5 nitrogen and oxygen atoms in total. The predicted molar refractivity (Wildman–Crippen MR) is 68.4 cm³/mol. The van der Waals surface area contributed by atoms with Crippen LogP contribution in [0.1, 0.15) is 18.5 Å². The number of aromatic nitrogens is 2. The van der Waals surface area contributed by atoms with Gasteiger partial charge in [-0.15, -0.1) is 0 Å². The maximum atomic E-state index is 5.99. The normalized spacial score (nSPS) is 17.5. The Morgan fingerprint density at radius 1 is 1.35 bits per heavy atom. The van der Waals surface area contributed by atoms with E-state index >= 15 is 0 Å². The molecule has 94 valence electrons. The van der Waals surface area contributed by atoms with Crippen molar-refractivity contribution in [3.63, 3.8) is 0 Å². The van der Waals surface area contributed by atoms with Gasteiger partial charge in [-0.1, -0.05) is 0 Å². The molecule has 0 atom stereocenters. The number of halogens is 1. The van der Waals surface area contributed by atoms with Gasteiger partial charge in [-0.2, -0.15) is 4.98 Å². The lowest BCUT2D eigenvalue weighted by Gasteiger charge is -2.32. The molecule has 0 aromatic carbocycles. The maximum absolute atomic E-state index is 5.99. The fourth-order valence-corrected chi connectivity index (χ4v) is 2.28. The lowest BCUT2D eigenvalue weighted by molar-refractivity contribution is 0.0818. The van der Waals surface area contributed by atoms with Gasteiger partial charge in [0.1, 0.15) is 0 Å². The predicted octanol–water partition coefficient (Wildman–Crippen LogP) is 1.64. The topological polar surface area (TPSA) is 64.3 Å². The van der Waals surface area contributed by atoms with Crippen LogP contribution in [0.2, 0.25) is 5.28 Å². The zero-order chi connectivity index (χ0) is 12.4. The van der Waals surface area contributed by atoms with Crippen LogP contribution in [0.4, 0.5) is 11.5 Å². The van der Waals surface area contributed by atoms with Gasteiger partial charge in [-0.25, -0.2) is 4.98 Å². The van der Waals surface area contributed by atoms with Crippen LogP contribution >= 0.6 is 11.6 Å². The third kappa shape index (κ3) is 2.61. The molecule has 2 N–H and O–H groups in total. The SMILES string of the molecule is COC1CCN(c2nc(Cl)nc(C)c2N)CC1. The highest BCUT2D eigenvalue weighted by Crippen LogP contribution is 2.27. The van der Waals surface area contributed by atoms with Crippen LogP contribution < -0.4 is 10.6 Å². The Labute approximate surface area is 106 Å². The minimum absolute atomic E-state index is 0.251. The number of nitrogen functional groups attached to an aromatic ring is 1. The zero-order valence-corrected chi connectivity index (χ0v) is 10.9. The third-order valence-corrected chi connectivity index (χ3v) is 3.33. The number of hydrogen-bond donors (Lipinski definition) is 1. The van der Waals surface area contributed by atoms with E-state index in [1.54, 1.807) is 7.11 Å². The molecule has 2 rings (SSSR count). The molecule has 0 radical (unpaired) electrons. The number of hydrogen-bond acceptors (Lipinski definition) is 5. The van der Waals surface area contributed by atoms with Crippen molar-refractivity contribution >= 4 is 23.1 Å². The average Bonchev–Trinajstić information content (AvgIpc) is 2.34. The lowest BCUT2D eigenvalue weighted by atomic mass is 10.1. The fraction of sp³-hybridized carbons (Fsp3) is 0.636. The van der Waals surface area contributed by atoms with E-state index in [2.05, 4.69) is 14.9 Å². The van der Waals surface area contributed by atoms with Crippen molar-refractivity contribution in [2.45, 2.75) is 25.9 Å². The Balaban J connectivity index is 2.18. The molecule has 2 heterocycles. The van der Waals surface area contributed by atoms with Crippen molar-refractivity contribution in [2.24, 2.45) is 0 Å². The second-order valence-corrected chi connectivity index (χ2v) is 4.58. The monoisotopic (exact) mass is 256 g/mol. The summed E-state index contributed by atoms with van der Waals surface area (Å²) in [6.07, 6.45) is 2.30. The summed E-state index contributed by atoms with van der Waals surface area (Å²) in [6.45, 7) is 3.61. The third-order valence-electron chi connectivity index (χ3n) is 3.16. The number of nitrogens with two attached hydrogens (primary N) is 1. The summed E-state index contributed by atoms with van der Waals surface area (Å²) in [7, 11) is 1.75. The van der Waals surface area contributed by atoms with Crippen molar-refractivity contribution in [3.05, 3.63) is 11.0 Å². The summed E-state index contributed by atoms with van der Waals surface area (Å²) in [5, 5.41) is 0.251. The van der Waals surface area contributed by atoms with Gasteiger partial charge < -0.3 is 15.4 Å². The molecule has 0 spiro atoms. The Morgan fingerprint density at radius 2 is 2.00 bits per heavy atom. The smallest absolute Gasteiger partial charge is 0.224 e. The highest BCUT2D eigenvalue weighted by atomic mass is 35.5. The van der Waals surface area contributed by atoms with Gasteiger partial charge in [0.05, 0.1) is 17.5 Å². The average molecular weight is 257 g/mol. The van der Waals surface area contributed by atoms with E-state index in [0.717, 1.165) is 37.4 Å². The minimum Gasteiger partial charge on any atom is -0.394 e. The summed E-state index contributed by atoms with van der Waals surface area (Å²) in [5.74, 6) is 0.747. The van der Waals surface area contributed by atoms with Crippen molar-refractivity contribution in [1.29, 1.82) is 0 Å². The minimum atomic E-state index is 0.251. The molecular weight excluding hydrogens is 240 g/mol. The zero-order valence-electron chi connectivity index (χ0n) is 10.1. The van der Waals surface area contributed by atoms with Crippen LogP contribution in [0.5, 0.6) is 0 Å². The summed E-state index contributed by atoms with van der Waals surface area (Å²) in [4.78, 5) is 10.4. The van der Waals surface area contributed by atoms with Crippen LogP contribution in [-0.4, -0.2) is 36.3 Å². The summed E-state index contributed by atoms with van der Waals surface area (Å²) >= 11 is 5.87. The summed E-state index contributed by atoms with van der Waals surface area (Å²) in [5.41, 5.74) is 7.34. The first-order chi connectivity index (χ1) is 8.11. The quantitative estimate of drug-likeness (QED) is 0.815. The van der Waals surface area contributed by atoms with E-state index in [-0.39, 0.29) is 5.28 Å². The first-order valence-corrected chi connectivity index (χ1v) is 6.07. The number of piperidine rings is 1. The molecule has 1 fully saturated rings. The van der Waals surface area contributed by atoms with Gasteiger partial charge in [-0.05, 0) is 31.4 Å². The van der Waals surface area contributed by atoms with Crippen molar-refractivity contribution in [1.82, 2.24) is 9.97 Å². The van der Waals surface area contributed by atoms with Gasteiger partial charge in [0, 0.05) is 20.2 Å². The molecule has 0 unspecified atom stereocenters. The van der Waals surface area contributed by atoms with Gasteiger partial charge >= 0.3 is 0 Å². The van der Waals surface area contributed by atoms with Gasteiger partial charge in [0.2, 0.25) is 5.28 Å². The molecule has 0 amide bonds. The van der Waals surface area contributed by atoms with Crippen molar-refractivity contribution < 1.29 is 4.74 Å². The number of anilines is 2. The van der Waals surface area contributed by atoms with E-state index in [1.807, 2.05) is 6.92 Å². The summed E-state index contributed by atoms with van der Waals surface area (Å²) < 4.78 is 5.34. The molecule has 17 heavy (non-hydrogen) atoms. The van der Waals surface area contributed by atoms with E-state index in [9.17, 15) is 0 Å². The standard InChI is InChI=1S/C11H17ClN4O/c1-7-9(13)10(15-11(12)14-7)16-5-3-8(17-2)4-6-16/h8H,3-6,13H2,1-2H3. The second kappa shape index (κ2) is 5.06. The highest BCUT2D eigenvalue weighted by Gasteiger charge is 2.22. The molecule has 1 aliphatic rings. The number of nitrogens with zero attached hydrogens (tertiary/aromatic N) is 3. The van der Waals surface area contributed by atoms with Crippen molar-refractivity contribution in [3.8, 4) is 0 Å². The first kappa shape index (κ1) is 12.4. The Bertz CT molecular complexity index is 405. The molecule has 6 heteroatoms. The Morgan fingerprint density at radius 3 is 2.59 bits per heavy atom. The van der Waals surface area contributed by atoms with Gasteiger partial charge in [0.15, 0.2) is 5.82 Å². The maximum Gasteiger partial charge on any atom is 0.224 e. The summed E-state index contributed by atoms with van der Waals surface area (Å²) in [6, 6.07) is 0. The van der Waals surface area contributed by atoms with Gasteiger partial charge in [-0.3, -0.25) is 0 Å². The largest absolute Gasteiger partial charge is 0.394 e. The first-order valence-electron chi connectivity index (χ1n) is 5.69. The number of methoxy groups -OCH3 is 1. The molecule has 0 bridgehead atoms. The van der Waals surface area contributed by atoms with Crippen LogP contribution in [0.25, 0.3) is 0 Å². The molecule has 1 aliphatic heterocycles. The van der Waals surface area contributed by atoms with Gasteiger partial charge in [0.25, 0.3) is 0 Å². The Kier molecular flexibility index (Phi) is 3.69. The van der Waals surface area contributed by atoms with Crippen LogP contribution in [0, 0.1) is 6.92 Å². The molecular formula is C11H17ClN4O. The number of ether oxygens (including phenoxy) is 1. The number of aryl methyl sites for hydroxylation is 1. The van der Waals surface area contributed by atoms with E-state index < -0.39 is 0 Å². The molecule has 0 aliphatic carbocycles. The lowest BCUT2D eigenvalue weighted by Crippen LogP contribution is -2.37. The van der Waals surface area contributed by atoms with Crippen molar-refractivity contribution in [2.75, 3.05) is 30.8 Å². The molecule has 1 aromatic heterocycles. The second-order valence-electron chi connectivity index (χ2n) is 4.24. The fourth-order valence-electron chi connectivity index (χ4n) is 2.08. The van der Waals surface area contributed by atoms with E-state index in [0.29, 0.717) is 11.8 Å². The molecule has 1 saturated heterocycles.